The molecule has 4 rings (SSSR count). The highest BCUT2D eigenvalue weighted by atomic mass is 16.7. The summed E-state index contributed by atoms with van der Waals surface area (Å²) < 4.78 is 18.1. The molecule has 2 saturated carbocycles. The zero-order chi connectivity index (χ0) is 30.0. The van der Waals surface area contributed by atoms with Crippen LogP contribution >= 0.6 is 0 Å². The third kappa shape index (κ3) is 5.79. The Morgan fingerprint density at radius 3 is 2.68 bits per heavy atom. The molecule has 11 nitrogen and oxygen atoms in total. The number of allylic oxidation sites excluding steroid dienone is 4. The molecular formula is C30H45N3O8. The maximum absolute atomic E-state index is 14.0. The van der Waals surface area contributed by atoms with E-state index in [1.165, 1.54) is 0 Å². The lowest BCUT2D eigenvalue weighted by Gasteiger charge is -2.61. The van der Waals surface area contributed by atoms with Crippen LogP contribution in [0.2, 0.25) is 0 Å². The highest BCUT2D eigenvalue weighted by Crippen LogP contribution is 2.63. The predicted octanol–water partition coefficient (Wildman–Crippen LogP) is 1.14. The number of nitrogens with two attached hydrogens (primary N) is 1. The van der Waals surface area contributed by atoms with Gasteiger partial charge in [0.15, 0.2) is 23.5 Å². The van der Waals surface area contributed by atoms with Gasteiger partial charge in [-0.05, 0) is 49.7 Å². The number of ketones is 2. The van der Waals surface area contributed by atoms with E-state index < -0.39 is 40.6 Å². The van der Waals surface area contributed by atoms with Crippen LogP contribution in [0.15, 0.2) is 23.8 Å². The minimum Gasteiger partial charge on any atom is -0.393 e. The largest absolute Gasteiger partial charge is 0.393 e. The van der Waals surface area contributed by atoms with Crippen LogP contribution in [0.5, 0.6) is 0 Å². The molecule has 11 heteroatoms. The molecule has 1 aliphatic heterocycles. The van der Waals surface area contributed by atoms with Gasteiger partial charge in [-0.15, -0.1) is 0 Å². The fourth-order valence-electron chi connectivity index (χ4n) is 7.70. The van der Waals surface area contributed by atoms with Gasteiger partial charge in [-0.2, -0.15) is 0 Å². The second kappa shape index (κ2) is 12.4. The average molecular weight is 576 g/mol. The van der Waals surface area contributed by atoms with E-state index >= 15 is 0 Å². The third-order valence-corrected chi connectivity index (χ3v) is 10.1. The highest BCUT2D eigenvalue weighted by molar-refractivity contribution is 6.01. The van der Waals surface area contributed by atoms with Crippen molar-refractivity contribution < 1.29 is 38.5 Å². The zero-order valence-electron chi connectivity index (χ0n) is 24.6. The van der Waals surface area contributed by atoms with E-state index in [0.717, 1.165) is 24.8 Å². The van der Waals surface area contributed by atoms with Gasteiger partial charge < -0.3 is 35.7 Å². The number of hydrogen-bond donors (Lipinski definition) is 4. The fraction of sp³-hybridized carbons (Fsp3) is 0.733. The van der Waals surface area contributed by atoms with Gasteiger partial charge in [0.1, 0.15) is 13.3 Å². The summed E-state index contributed by atoms with van der Waals surface area (Å²) in [6.45, 7) is 7.32. The SMILES string of the molecule is CCCC1OCC(C(=O)COCNC(=O)CNC(=O)CN)(C2(C)CC(O)C3C(CCC4=CC(=O)C=CC43C)C2C)O1. The van der Waals surface area contributed by atoms with Crippen LogP contribution < -0.4 is 16.4 Å². The zero-order valence-corrected chi connectivity index (χ0v) is 24.6. The fourth-order valence-corrected chi connectivity index (χ4v) is 7.70. The standard InChI is InChI=1S/C30H45N3O8/c1-5-6-26-40-16-30(41-26,23(36)15-39-17-33-25(38)14-32-24(37)13-31)29(4)12-22(35)27-21(18(29)2)8-7-19-11-20(34)9-10-28(19,27)3/h9-11,18,21-22,26-27,35H,5-8,12-17,31H2,1-4H3,(H,32,37)(H,33,38). The van der Waals surface area contributed by atoms with Gasteiger partial charge in [0.2, 0.25) is 11.8 Å². The minimum atomic E-state index is -1.34. The highest BCUT2D eigenvalue weighted by Gasteiger charge is 2.67. The Morgan fingerprint density at radius 2 is 1.98 bits per heavy atom. The van der Waals surface area contributed by atoms with E-state index in [-0.39, 0.29) is 62.4 Å². The first-order valence-corrected chi connectivity index (χ1v) is 14.7. The van der Waals surface area contributed by atoms with E-state index in [4.69, 9.17) is 19.9 Å². The molecule has 8 unspecified atom stereocenters. The van der Waals surface area contributed by atoms with Gasteiger partial charge >= 0.3 is 0 Å². The van der Waals surface area contributed by atoms with Crippen LogP contribution in [0.25, 0.3) is 0 Å². The Kier molecular flexibility index (Phi) is 9.55. The molecule has 2 amide bonds. The second-order valence-electron chi connectivity index (χ2n) is 12.4. The van der Waals surface area contributed by atoms with E-state index in [1.807, 2.05) is 19.9 Å². The molecule has 4 aliphatic rings. The smallest absolute Gasteiger partial charge is 0.241 e. The summed E-state index contributed by atoms with van der Waals surface area (Å²) in [7, 11) is 0. The Labute approximate surface area is 241 Å². The van der Waals surface area contributed by atoms with Crippen LogP contribution in [0.1, 0.15) is 59.8 Å². The van der Waals surface area contributed by atoms with Crippen molar-refractivity contribution in [2.75, 3.05) is 33.0 Å². The summed E-state index contributed by atoms with van der Waals surface area (Å²) in [5.74, 6) is -1.26. The van der Waals surface area contributed by atoms with Crippen molar-refractivity contribution in [3.63, 3.8) is 0 Å². The topological polar surface area (TPSA) is 166 Å². The molecule has 228 valence electrons. The summed E-state index contributed by atoms with van der Waals surface area (Å²) >= 11 is 0. The molecule has 0 bridgehead atoms. The van der Waals surface area contributed by atoms with Gasteiger partial charge in [0.25, 0.3) is 0 Å². The van der Waals surface area contributed by atoms with Crippen LogP contribution in [0.4, 0.5) is 0 Å². The van der Waals surface area contributed by atoms with Gasteiger partial charge in [-0.3, -0.25) is 19.2 Å². The Balaban J connectivity index is 1.52. The average Bonchev–Trinajstić information content (AvgIpc) is 3.38. The molecule has 8 atom stereocenters. The maximum atomic E-state index is 14.0. The molecular weight excluding hydrogens is 530 g/mol. The van der Waals surface area contributed by atoms with Crippen molar-refractivity contribution in [3.05, 3.63) is 23.8 Å². The van der Waals surface area contributed by atoms with Crippen LogP contribution in [-0.4, -0.2) is 79.5 Å². The van der Waals surface area contributed by atoms with Crippen molar-refractivity contribution in [1.29, 1.82) is 0 Å². The maximum Gasteiger partial charge on any atom is 0.241 e. The normalized spacial score (nSPS) is 38.0. The van der Waals surface area contributed by atoms with Gasteiger partial charge in [-0.25, -0.2) is 0 Å². The van der Waals surface area contributed by atoms with E-state index in [2.05, 4.69) is 24.5 Å². The van der Waals surface area contributed by atoms with Crippen molar-refractivity contribution in [3.8, 4) is 0 Å². The lowest BCUT2D eigenvalue weighted by atomic mass is 9.44. The quantitative estimate of drug-likeness (QED) is 0.209. The van der Waals surface area contributed by atoms with Crippen molar-refractivity contribution in [2.24, 2.45) is 34.3 Å². The van der Waals surface area contributed by atoms with Gasteiger partial charge in [0, 0.05) is 16.7 Å². The number of carbonyl (C=O) groups excluding carboxylic acids is 4. The molecule has 0 aromatic carbocycles. The molecule has 3 fully saturated rings. The summed E-state index contributed by atoms with van der Waals surface area (Å²) in [4.78, 5) is 49.3. The number of aliphatic hydroxyl groups is 1. The van der Waals surface area contributed by atoms with Crippen LogP contribution in [0.3, 0.4) is 0 Å². The molecule has 5 N–H and O–H groups in total. The van der Waals surface area contributed by atoms with E-state index in [1.54, 1.807) is 12.2 Å². The number of carbonyl (C=O) groups is 4. The van der Waals surface area contributed by atoms with Crippen LogP contribution in [0, 0.1) is 28.6 Å². The summed E-state index contributed by atoms with van der Waals surface area (Å²) in [5.41, 5.74) is 3.75. The number of nitrogens with one attached hydrogen (secondary N) is 2. The number of aliphatic hydroxyl groups excluding tert-OH is 1. The lowest BCUT2D eigenvalue weighted by molar-refractivity contribution is -0.208. The Morgan fingerprint density at radius 1 is 1.22 bits per heavy atom. The number of fused-ring (bicyclic) bond motifs is 3. The number of hydrogen-bond acceptors (Lipinski definition) is 9. The number of ether oxygens (including phenoxy) is 3. The summed E-state index contributed by atoms with van der Waals surface area (Å²) in [6, 6.07) is 0. The lowest BCUT2D eigenvalue weighted by Crippen LogP contribution is -2.66. The predicted molar refractivity (Wildman–Crippen MR) is 149 cm³/mol. The molecule has 3 aliphatic carbocycles. The number of amides is 2. The van der Waals surface area contributed by atoms with Gasteiger partial charge in [-0.1, -0.05) is 45.8 Å². The van der Waals surface area contributed by atoms with E-state index in [9.17, 15) is 24.3 Å². The molecule has 41 heavy (non-hydrogen) atoms. The van der Waals surface area contributed by atoms with Crippen molar-refractivity contribution >= 4 is 23.4 Å². The summed E-state index contributed by atoms with van der Waals surface area (Å²) in [5, 5.41) is 16.6. The second-order valence-corrected chi connectivity index (χ2v) is 12.4. The van der Waals surface area contributed by atoms with Crippen molar-refractivity contribution in [1.82, 2.24) is 10.6 Å². The molecule has 0 radical (unpaired) electrons. The molecule has 1 heterocycles. The van der Waals surface area contributed by atoms with E-state index in [0.29, 0.717) is 12.8 Å². The Hall–Kier alpha value is -2.44. The monoisotopic (exact) mass is 575 g/mol. The van der Waals surface area contributed by atoms with Crippen molar-refractivity contribution in [2.45, 2.75) is 77.8 Å². The van der Waals surface area contributed by atoms with Gasteiger partial charge in [0.05, 0.1) is 25.8 Å². The first-order chi connectivity index (χ1) is 19.4. The first-order valence-electron chi connectivity index (χ1n) is 14.7. The number of rotatable bonds is 11. The first kappa shape index (κ1) is 31.5. The molecule has 1 saturated heterocycles. The minimum absolute atomic E-state index is 0.0147. The Bertz CT molecular complexity index is 1110. The molecule has 0 aromatic heterocycles. The summed E-state index contributed by atoms with van der Waals surface area (Å²) in [6.07, 6.45) is 7.34. The molecule has 0 spiro atoms. The number of Topliss-reactive ketones (excluding diaryl/α,β-unsaturated/α-hetero) is 1. The third-order valence-electron chi connectivity index (χ3n) is 10.1. The van der Waals surface area contributed by atoms with Crippen LogP contribution in [-0.2, 0) is 33.4 Å². The molecule has 0 aromatic rings.